The highest BCUT2D eigenvalue weighted by molar-refractivity contribution is 5.93. The second-order valence-electron chi connectivity index (χ2n) is 6.19. The molecule has 3 rings (SSSR count). The number of likely N-dealkylation sites (tertiary alicyclic amines) is 1. The summed E-state index contributed by atoms with van der Waals surface area (Å²) in [5, 5.41) is 6.50. The van der Waals surface area contributed by atoms with Gasteiger partial charge in [-0.3, -0.25) is 9.69 Å². The van der Waals surface area contributed by atoms with Crippen LogP contribution in [0.3, 0.4) is 0 Å². The molecule has 0 saturated carbocycles. The topological polar surface area (TPSA) is 44.4 Å². The SMILES string of the molecule is Cc1cccc(C)c1NC(=O)CN1C[C@H]2CNC[C@H]2C1.Cl. The maximum Gasteiger partial charge on any atom is 0.238 e. The first-order valence-corrected chi connectivity index (χ1v) is 7.42. The van der Waals surface area contributed by atoms with Gasteiger partial charge >= 0.3 is 0 Å². The molecule has 2 aliphatic heterocycles. The highest BCUT2D eigenvalue weighted by Gasteiger charge is 2.36. The number of carbonyl (C=O) groups excluding carboxylic acids is 1. The molecule has 2 fully saturated rings. The van der Waals surface area contributed by atoms with Gasteiger partial charge in [0.25, 0.3) is 0 Å². The van der Waals surface area contributed by atoms with Gasteiger partial charge in [-0.1, -0.05) is 18.2 Å². The van der Waals surface area contributed by atoms with E-state index in [4.69, 9.17) is 0 Å². The van der Waals surface area contributed by atoms with Gasteiger partial charge in [-0.15, -0.1) is 12.4 Å². The number of rotatable bonds is 3. The molecule has 1 amide bonds. The Morgan fingerprint density at radius 2 is 1.81 bits per heavy atom. The van der Waals surface area contributed by atoms with E-state index < -0.39 is 0 Å². The highest BCUT2D eigenvalue weighted by atomic mass is 35.5. The van der Waals surface area contributed by atoms with Crippen molar-refractivity contribution in [1.29, 1.82) is 0 Å². The van der Waals surface area contributed by atoms with Gasteiger partial charge in [0.2, 0.25) is 5.91 Å². The van der Waals surface area contributed by atoms with E-state index in [0.717, 1.165) is 54.8 Å². The van der Waals surface area contributed by atoms with E-state index in [2.05, 4.69) is 15.5 Å². The van der Waals surface area contributed by atoms with Crippen LogP contribution in [-0.4, -0.2) is 43.5 Å². The molecule has 2 aliphatic rings. The standard InChI is InChI=1S/C16H23N3O.ClH/c1-11-4-3-5-12(2)16(11)18-15(20)10-19-8-13-6-17-7-14(13)9-19;/h3-5,13-14,17H,6-10H2,1-2H3,(H,18,20);1H/t13-,14+;. The minimum Gasteiger partial charge on any atom is -0.324 e. The van der Waals surface area contributed by atoms with Crippen molar-refractivity contribution in [3.05, 3.63) is 29.3 Å². The number of aryl methyl sites for hydroxylation is 2. The number of anilines is 1. The van der Waals surface area contributed by atoms with E-state index in [0.29, 0.717) is 6.54 Å². The molecule has 0 spiro atoms. The van der Waals surface area contributed by atoms with E-state index in [1.165, 1.54) is 0 Å². The van der Waals surface area contributed by atoms with Crippen molar-refractivity contribution in [2.45, 2.75) is 13.8 Å². The zero-order valence-electron chi connectivity index (χ0n) is 12.7. The van der Waals surface area contributed by atoms with E-state index in [-0.39, 0.29) is 18.3 Å². The van der Waals surface area contributed by atoms with Crippen LogP contribution in [0.4, 0.5) is 5.69 Å². The molecule has 2 saturated heterocycles. The zero-order chi connectivity index (χ0) is 14.1. The average molecular weight is 310 g/mol. The molecule has 0 unspecified atom stereocenters. The lowest BCUT2D eigenvalue weighted by atomic mass is 10.0. The van der Waals surface area contributed by atoms with Crippen molar-refractivity contribution in [2.75, 3.05) is 38.0 Å². The Morgan fingerprint density at radius 3 is 2.38 bits per heavy atom. The third-order valence-corrected chi connectivity index (χ3v) is 4.58. The largest absolute Gasteiger partial charge is 0.324 e. The van der Waals surface area contributed by atoms with Gasteiger partial charge in [0.15, 0.2) is 0 Å². The Balaban J connectivity index is 0.00000161. The second kappa shape index (κ2) is 6.77. The Bertz CT molecular complexity index is 488. The van der Waals surface area contributed by atoms with Crippen LogP contribution in [0.5, 0.6) is 0 Å². The minimum absolute atomic E-state index is 0. The van der Waals surface area contributed by atoms with Crippen LogP contribution in [0.25, 0.3) is 0 Å². The molecule has 2 heterocycles. The fourth-order valence-corrected chi connectivity index (χ4v) is 3.48. The summed E-state index contributed by atoms with van der Waals surface area (Å²) in [6, 6.07) is 6.10. The lowest BCUT2D eigenvalue weighted by molar-refractivity contribution is -0.117. The lowest BCUT2D eigenvalue weighted by Gasteiger charge is -2.18. The minimum atomic E-state index is 0. The molecule has 1 aromatic rings. The smallest absolute Gasteiger partial charge is 0.238 e. The van der Waals surface area contributed by atoms with E-state index >= 15 is 0 Å². The Kier molecular flexibility index (Phi) is 5.25. The number of nitrogens with zero attached hydrogens (tertiary/aromatic N) is 1. The molecule has 1 aromatic carbocycles. The normalized spacial score (nSPS) is 24.5. The molecular weight excluding hydrogens is 286 g/mol. The van der Waals surface area contributed by atoms with Gasteiger partial charge in [-0.2, -0.15) is 0 Å². The molecule has 2 N–H and O–H groups in total. The summed E-state index contributed by atoms with van der Waals surface area (Å²) in [4.78, 5) is 14.5. The van der Waals surface area contributed by atoms with Crippen LogP contribution in [0.1, 0.15) is 11.1 Å². The summed E-state index contributed by atoms with van der Waals surface area (Å²) >= 11 is 0. The number of halogens is 1. The third-order valence-electron chi connectivity index (χ3n) is 4.58. The van der Waals surface area contributed by atoms with E-state index in [9.17, 15) is 4.79 Å². The predicted octanol–water partition coefficient (Wildman–Crippen LogP) is 1.81. The summed E-state index contributed by atoms with van der Waals surface area (Å²) in [6.45, 7) is 8.92. The Labute approximate surface area is 132 Å². The van der Waals surface area contributed by atoms with Crippen LogP contribution >= 0.6 is 12.4 Å². The fourth-order valence-electron chi connectivity index (χ4n) is 3.48. The number of hydrogen-bond acceptors (Lipinski definition) is 3. The number of benzene rings is 1. The van der Waals surface area contributed by atoms with Crippen molar-refractivity contribution >= 4 is 24.0 Å². The van der Waals surface area contributed by atoms with E-state index in [1.807, 2.05) is 32.0 Å². The zero-order valence-corrected chi connectivity index (χ0v) is 13.5. The molecule has 5 heteroatoms. The van der Waals surface area contributed by atoms with Gasteiger partial charge < -0.3 is 10.6 Å². The number of para-hydroxylation sites is 1. The molecular formula is C16H24ClN3O. The van der Waals surface area contributed by atoms with Gasteiger partial charge in [-0.25, -0.2) is 0 Å². The van der Waals surface area contributed by atoms with Crippen LogP contribution in [0.2, 0.25) is 0 Å². The number of hydrogen-bond donors (Lipinski definition) is 2. The molecule has 0 bridgehead atoms. The highest BCUT2D eigenvalue weighted by Crippen LogP contribution is 2.26. The number of carbonyl (C=O) groups is 1. The maximum atomic E-state index is 12.2. The molecule has 0 aromatic heterocycles. The summed E-state index contributed by atoms with van der Waals surface area (Å²) in [5.41, 5.74) is 3.22. The Morgan fingerprint density at radius 1 is 1.24 bits per heavy atom. The predicted molar refractivity (Wildman–Crippen MR) is 88.1 cm³/mol. The number of amides is 1. The summed E-state index contributed by atoms with van der Waals surface area (Å²) < 4.78 is 0. The van der Waals surface area contributed by atoms with Gasteiger partial charge in [-0.05, 0) is 49.9 Å². The van der Waals surface area contributed by atoms with Crippen LogP contribution < -0.4 is 10.6 Å². The van der Waals surface area contributed by atoms with Crippen molar-refractivity contribution in [3.8, 4) is 0 Å². The molecule has 21 heavy (non-hydrogen) atoms. The van der Waals surface area contributed by atoms with Crippen LogP contribution in [0, 0.1) is 25.7 Å². The first-order chi connectivity index (χ1) is 9.63. The first-order valence-electron chi connectivity index (χ1n) is 7.42. The molecule has 0 aliphatic carbocycles. The van der Waals surface area contributed by atoms with E-state index in [1.54, 1.807) is 0 Å². The van der Waals surface area contributed by atoms with Gasteiger partial charge in [0, 0.05) is 18.8 Å². The molecule has 4 nitrogen and oxygen atoms in total. The van der Waals surface area contributed by atoms with Crippen molar-refractivity contribution in [1.82, 2.24) is 10.2 Å². The lowest BCUT2D eigenvalue weighted by Crippen LogP contribution is -2.34. The summed E-state index contributed by atoms with van der Waals surface area (Å²) in [7, 11) is 0. The maximum absolute atomic E-state index is 12.2. The second-order valence-corrected chi connectivity index (χ2v) is 6.19. The van der Waals surface area contributed by atoms with Crippen LogP contribution in [-0.2, 0) is 4.79 Å². The number of nitrogens with one attached hydrogen (secondary N) is 2. The van der Waals surface area contributed by atoms with Crippen LogP contribution in [0.15, 0.2) is 18.2 Å². The monoisotopic (exact) mass is 309 g/mol. The quantitative estimate of drug-likeness (QED) is 0.895. The molecule has 0 radical (unpaired) electrons. The van der Waals surface area contributed by atoms with Crippen molar-refractivity contribution in [3.63, 3.8) is 0 Å². The summed E-state index contributed by atoms with van der Waals surface area (Å²) in [5.74, 6) is 1.58. The third kappa shape index (κ3) is 3.57. The van der Waals surface area contributed by atoms with Gasteiger partial charge in [0.1, 0.15) is 0 Å². The Hall–Kier alpha value is -1.10. The molecule has 2 atom stereocenters. The fraction of sp³-hybridized carbons (Fsp3) is 0.562. The molecule has 116 valence electrons. The van der Waals surface area contributed by atoms with Crippen molar-refractivity contribution < 1.29 is 4.79 Å². The number of fused-ring (bicyclic) bond motifs is 1. The van der Waals surface area contributed by atoms with Gasteiger partial charge in [0.05, 0.1) is 6.54 Å². The first kappa shape index (κ1) is 16.3. The van der Waals surface area contributed by atoms with Crippen molar-refractivity contribution in [2.24, 2.45) is 11.8 Å². The summed E-state index contributed by atoms with van der Waals surface area (Å²) in [6.07, 6.45) is 0. The average Bonchev–Trinajstić information content (AvgIpc) is 2.94.